The zero-order valence-corrected chi connectivity index (χ0v) is 20.3. The maximum atomic E-state index is 12.9. The summed E-state index contributed by atoms with van der Waals surface area (Å²) in [6.07, 6.45) is 0.850. The molecule has 0 radical (unpaired) electrons. The van der Waals surface area contributed by atoms with E-state index in [1.807, 2.05) is 97.1 Å². The van der Waals surface area contributed by atoms with Crippen molar-refractivity contribution in [2.75, 3.05) is 25.0 Å². The largest absolute Gasteiger partial charge is 0.375 e. The maximum absolute atomic E-state index is 12.9. The Morgan fingerprint density at radius 3 is 1.89 bits per heavy atom. The van der Waals surface area contributed by atoms with Gasteiger partial charge in [0, 0.05) is 42.5 Å². The average Bonchev–Trinajstić information content (AvgIpc) is 2.95. The summed E-state index contributed by atoms with van der Waals surface area (Å²) in [6, 6.07) is 35.9. The van der Waals surface area contributed by atoms with Crippen molar-refractivity contribution in [2.24, 2.45) is 0 Å². The molecule has 5 rings (SSSR count). The fourth-order valence-electron chi connectivity index (χ4n) is 4.22. The van der Waals surface area contributed by atoms with Crippen molar-refractivity contribution >= 4 is 22.6 Å². The van der Waals surface area contributed by atoms with E-state index in [0.29, 0.717) is 17.6 Å². The normalized spacial score (nSPS) is 10.8. The van der Waals surface area contributed by atoms with Crippen molar-refractivity contribution in [3.05, 3.63) is 115 Å². The minimum Gasteiger partial charge on any atom is -0.375 e. The Balaban J connectivity index is 1.35. The maximum Gasteiger partial charge on any atom is 0.251 e. The number of fused-ring (bicyclic) bond motifs is 1. The van der Waals surface area contributed by atoms with Gasteiger partial charge < -0.3 is 10.2 Å². The van der Waals surface area contributed by atoms with E-state index in [1.165, 1.54) is 5.69 Å². The van der Waals surface area contributed by atoms with E-state index in [1.54, 1.807) is 0 Å². The van der Waals surface area contributed by atoms with Crippen LogP contribution in [0.15, 0.2) is 109 Å². The third-order valence-corrected chi connectivity index (χ3v) is 6.17. The van der Waals surface area contributed by atoms with Crippen molar-refractivity contribution in [1.29, 1.82) is 0 Å². The molecule has 178 valence electrons. The first-order valence-corrected chi connectivity index (χ1v) is 12.2. The predicted molar refractivity (Wildman–Crippen MR) is 147 cm³/mol. The van der Waals surface area contributed by atoms with Gasteiger partial charge in [-0.25, -0.2) is 9.97 Å². The molecule has 4 aromatic carbocycles. The number of amides is 1. The highest BCUT2D eigenvalue weighted by molar-refractivity contribution is 5.98. The molecule has 0 aliphatic heterocycles. The number of rotatable bonds is 8. The molecule has 1 aromatic heterocycles. The Hall–Kier alpha value is -4.51. The van der Waals surface area contributed by atoms with Crippen LogP contribution in [0.3, 0.4) is 0 Å². The molecule has 1 amide bonds. The van der Waals surface area contributed by atoms with Crippen LogP contribution in [0.5, 0.6) is 0 Å². The summed E-state index contributed by atoms with van der Waals surface area (Å²) >= 11 is 0. The van der Waals surface area contributed by atoms with E-state index in [4.69, 9.17) is 9.97 Å². The topological polar surface area (TPSA) is 58.1 Å². The summed E-state index contributed by atoms with van der Waals surface area (Å²) in [5, 5.41) is 3.04. The molecule has 0 bridgehead atoms. The number of anilines is 1. The summed E-state index contributed by atoms with van der Waals surface area (Å²) in [6.45, 7) is 1.46. The lowest BCUT2D eigenvalue weighted by Crippen LogP contribution is -2.28. The number of hydrogen-bond donors (Lipinski definition) is 1. The molecule has 5 aromatic rings. The van der Waals surface area contributed by atoms with Gasteiger partial charge in [0.2, 0.25) is 0 Å². The first-order chi connectivity index (χ1) is 17.7. The molecule has 0 aliphatic carbocycles. The highest BCUT2D eigenvalue weighted by Crippen LogP contribution is 2.31. The number of nitrogens with zero attached hydrogens (tertiary/aromatic N) is 3. The van der Waals surface area contributed by atoms with Crippen molar-refractivity contribution in [2.45, 2.75) is 6.42 Å². The molecule has 0 atom stereocenters. The Kier molecular flexibility index (Phi) is 6.99. The molecule has 36 heavy (non-hydrogen) atoms. The SMILES string of the molecule is CN(CCCNC(=O)c1ccc2nc(-c3ccccc3)c(-c3ccccc3)nc2c1)c1ccccc1. The molecule has 0 spiro atoms. The van der Waals surface area contributed by atoms with Gasteiger partial charge >= 0.3 is 0 Å². The minimum atomic E-state index is -0.102. The molecular formula is C31H28N4O. The lowest BCUT2D eigenvalue weighted by molar-refractivity contribution is 0.0953. The number of carbonyl (C=O) groups excluding carboxylic acids is 1. The number of benzene rings is 4. The average molecular weight is 473 g/mol. The van der Waals surface area contributed by atoms with Gasteiger partial charge in [-0.2, -0.15) is 0 Å². The predicted octanol–water partition coefficient (Wildman–Crippen LogP) is 6.22. The molecule has 5 nitrogen and oxygen atoms in total. The third-order valence-electron chi connectivity index (χ3n) is 6.17. The number of hydrogen-bond acceptors (Lipinski definition) is 4. The Labute approximate surface area is 211 Å². The van der Waals surface area contributed by atoms with Gasteiger partial charge in [0.25, 0.3) is 5.91 Å². The first-order valence-electron chi connectivity index (χ1n) is 12.2. The standard InChI is InChI=1S/C31H28N4O/c1-35(26-16-9-4-10-17-26)21-11-20-32-31(36)25-18-19-27-28(22-25)34-30(24-14-7-3-8-15-24)29(33-27)23-12-5-2-6-13-23/h2-10,12-19,22H,11,20-21H2,1H3,(H,32,36). The van der Waals surface area contributed by atoms with E-state index in [2.05, 4.69) is 29.4 Å². The van der Waals surface area contributed by atoms with Crippen LogP contribution < -0.4 is 10.2 Å². The van der Waals surface area contributed by atoms with Gasteiger partial charge in [0.1, 0.15) is 0 Å². The number of carbonyl (C=O) groups is 1. The van der Waals surface area contributed by atoms with Crippen molar-refractivity contribution in [3.8, 4) is 22.5 Å². The Morgan fingerprint density at radius 2 is 1.28 bits per heavy atom. The van der Waals surface area contributed by atoms with Gasteiger partial charge in [-0.3, -0.25) is 4.79 Å². The van der Waals surface area contributed by atoms with Crippen molar-refractivity contribution in [3.63, 3.8) is 0 Å². The van der Waals surface area contributed by atoms with Gasteiger partial charge in [0.15, 0.2) is 0 Å². The smallest absolute Gasteiger partial charge is 0.251 e. The zero-order valence-electron chi connectivity index (χ0n) is 20.3. The minimum absolute atomic E-state index is 0.102. The molecule has 1 heterocycles. The molecule has 0 saturated carbocycles. The second kappa shape index (κ2) is 10.8. The van der Waals surface area contributed by atoms with Crippen LogP contribution >= 0.6 is 0 Å². The van der Waals surface area contributed by atoms with E-state index in [0.717, 1.165) is 41.0 Å². The number of nitrogens with one attached hydrogen (secondary N) is 1. The third kappa shape index (κ3) is 5.26. The molecule has 5 heteroatoms. The van der Waals surface area contributed by atoms with Crippen LogP contribution in [0, 0.1) is 0 Å². The molecule has 0 saturated heterocycles. The van der Waals surface area contributed by atoms with E-state index in [-0.39, 0.29) is 5.91 Å². The van der Waals surface area contributed by atoms with E-state index >= 15 is 0 Å². The van der Waals surface area contributed by atoms with Crippen LogP contribution in [-0.2, 0) is 0 Å². The molecule has 0 fully saturated rings. The monoisotopic (exact) mass is 472 g/mol. The molecule has 1 N–H and O–H groups in total. The fraction of sp³-hybridized carbons (Fsp3) is 0.129. The Morgan fingerprint density at radius 1 is 0.722 bits per heavy atom. The zero-order chi connectivity index (χ0) is 24.7. The van der Waals surface area contributed by atoms with Crippen LogP contribution in [0.2, 0.25) is 0 Å². The first kappa shape index (κ1) is 23.2. The summed E-state index contributed by atoms with van der Waals surface area (Å²) in [5.41, 5.74) is 6.83. The van der Waals surface area contributed by atoms with Gasteiger partial charge in [-0.15, -0.1) is 0 Å². The number of para-hydroxylation sites is 1. The lowest BCUT2D eigenvalue weighted by Gasteiger charge is -2.19. The van der Waals surface area contributed by atoms with E-state index in [9.17, 15) is 4.79 Å². The van der Waals surface area contributed by atoms with Crippen LogP contribution in [0.4, 0.5) is 5.69 Å². The molecular weight excluding hydrogens is 444 g/mol. The van der Waals surface area contributed by atoms with Crippen molar-refractivity contribution < 1.29 is 4.79 Å². The molecule has 0 aliphatic rings. The van der Waals surface area contributed by atoms with Crippen LogP contribution in [0.25, 0.3) is 33.5 Å². The number of aromatic nitrogens is 2. The van der Waals surface area contributed by atoms with Gasteiger partial charge in [-0.1, -0.05) is 78.9 Å². The van der Waals surface area contributed by atoms with E-state index < -0.39 is 0 Å². The highest BCUT2D eigenvalue weighted by atomic mass is 16.1. The second-order valence-electron chi connectivity index (χ2n) is 8.72. The van der Waals surface area contributed by atoms with Gasteiger partial charge in [-0.05, 0) is 36.8 Å². The van der Waals surface area contributed by atoms with Crippen LogP contribution in [-0.4, -0.2) is 36.0 Å². The fourth-order valence-corrected chi connectivity index (χ4v) is 4.22. The summed E-state index contributed by atoms with van der Waals surface area (Å²) in [4.78, 5) is 25.0. The van der Waals surface area contributed by atoms with Crippen LogP contribution in [0.1, 0.15) is 16.8 Å². The quantitative estimate of drug-likeness (QED) is 0.272. The second-order valence-corrected chi connectivity index (χ2v) is 8.72. The summed E-state index contributed by atoms with van der Waals surface area (Å²) in [7, 11) is 2.06. The van der Waals surface area contributed by atoms with Crippen molar-refractivity contribution in [1.82, 2.24) is 15.3 Å². The summed E-state index contributed by atoms with van der Waals surface area (Å²) in [5.74, 6) is -0.102. The van der Waals surface area contributed by atoms with Gasteiger partial charge in [0.05, 0.1) is 22.4 Å². The summed E-state index contributed by atoms with van der Waals surface area (Å²) < 4.78 is 0. The molecule has 0 unspecified atom stereocenters. The highest BCUT2D eigenvalue weighted by Gasteiger charge is 2.14. The Bertz CT molecular complexity index is 1450. The lowest BCUT2D eigenvalue weighted by atomic mass is 10.0.